The molecular formula is C15H21N3O3S. The van der Waals surface area contributed by atoms with Crippen LogP contribution in [0.15, 0.2) is 22.6 Å². The second-order valence-corrected chi connectivity index (χ2v) is 7.27. The van der Waals surface area contributed by atoms with Gasteiger partial charge >= 0.3 is 0 Å². The van der Waals surface area contributed by atoms with Gasteiger partial charge in [0, 0.05) is 29.7 Å². The zero-order valence-corrected chi connectivity index (χ0v) is 14.0. The number of aromatic nitrogens is 2. The first-order valence-electron chi connectivity index (χ1n) is 7.15. The summed E-state index contributed by atoms with van der Waals surface area (Å²) in [6.07, 6.45) is 2.35. The third kappa shape index (κ3) is 3.20. The van der Waals surface area contributed by atoms with E-state index in [0.29, 0.717) is 4.96 Å². The minimum atomic E-state index is -0.550. The molecule has 1 amide bonds. The molecule has 2 N–H and O–H groups in total. The number of aliphatic hydroxyl groups is 1. The molecule has 2 aromatic rings. The number of nitrogens with zero attached hydrogens (tertiary/aromatic N) is 2. The van der Waals surface area contributed by atoms with E-state index in [1.807, 2.05) is 27.7 Å². The van der Waals surface area contributed by atoms with Crippen LogP contribution in [0.2, 0.25) is 0 Å². The van der Waals surface area contributed by atoms with Gasteiger partial charge in [-0.15, -0.1) is 11.3 Å². The van der Waals surface area contributed by atoms with Crippen molar-refractivity contribution in [3.05, 3.63) is 33.7 Å². The maximum absolute atomic E-state index is 12.2. The summed E-state index contributed by atoms with van der Waals surface area (Å²) >= 11 is 1.33. The van der Waals surface area contributed by atoms with Crippen molar-refractivity contribution in [3.8, 4) is 0 Å². The van der Waals surface area contributed by atoms with E-state index in [9.17, 15) is 14.7 Å². The molecule has 1 unspecified atom stereocenters. The average molecular weight is 323 g/mol. The Morgan fingerprint density at radius 1 is 1.50 bits per heavy atom. The molecule has 0 aliphatic carbocycles. The second kappa shape index (κ2) is 6.18. The van der Waals surface area contributed by atoms with Crippen LogP contribution in [-0.2, 0) is 0 Å². The Bertz CT molecular complexity index is 733. The number of thiazole rings is 1. The zero-order chi connectivity index (χ0) is 16.5. The molecule has 0 radical (unpaired) electrons. The average Bonchev–Trinajstić information content (AvgIpc) is 2.93. The Morgan fingerprint density at radius 3 is 2.82 bits per heavy atom. The number of nitrogens with one attached hydrogen (secondary N) is 1. The summed E-state index contributed by atoms with van der Waals surface area (Å²) in [5.41, 5.74) is -0.864. The lowest BCUT2D eigenvalue weighted by molar-refractivity contribution is 0.0138. The summed E-state index contributed by atoms with van der Waals surface area (Å²) in [6.45, 7) is 7.89. The van der Waals surface area contributed by atoms with Gasteiger partial charge < -0.3 is 10.4 Å². The lowest BCUT2D eigenvalue weighted by atomic mass is 9.80. The molecular weight excluding hydrogens is 302 g/mol. The van der Waals surface area contributed by atoms with Gasteiger partial charge in [0.2, 0.25) is 0 Å². The summed E-state index contributed by atoms with van der Waals surface area (Å²) in [5.74, 6) is -0.386. The van der Waals surface area contributed by atoms with E-state index in [-0.39, 0.29) is 23.6 Å². The van der Waals surface area contributed by atoms with Crippen LogP contribution in [0.5, 0.6) is 0 Å². The molecule has 0 saturated heterocycles. The molecule has 120 valence electrons. The Kier molecular flexibility index (Phi) is 4.67. The van der Waals surface area contributed by atoms with E-state index in [1.54, 1.807) is 11.6 Å². The molecule has 0 bridgehead atoms. The Balaban J connectivity index is 2.15. The van der Waals surface area contributed by atoms with Crippen LogP contribution in [0, 0.1) is 11.3 Å². The third-order valence-electron chi connectivity index (χ3n) is 3.72. The molecule has 1 atom stereocenters. The predicted octanol–water partition coefficient (Wildman–Crippen LogP) is 1.53. The normalized spacial score (nSPS) is 13.5. The van der Waals surface area contributed by atoms with Gasteiger partial charge in [-0.2, -0.15) is 0 Å². The van der Waals surface area contributed by atoms with E-state index >= 15 is 0 Å². The number of carbonyl (C=O) groups excluding carboxylic acids is 1. The summed E-state index contributed by atoms with van der Waals surface area (Å²) in [4.78, 5) is 29.1. The van der Waals surface area contributed by atoms with Gasteiger partial charge in [0.25, 0.3) is 11.5 Å². The number of carbonyl (C=O) groups is 1. The standard InChI is InChI=1S/C15H21N3O3S/c1-9(2)11(19)15(3,4)8-17-12(20)10-7-16-14-18(13(10)21)5-6-22-14/h5-7,9,11,19H,8H2,1-4H3,(H,17,20). The first-order valence-corrected chi connectivity index (χ1v) is 8.03. The highest BCUT2D eigenvalue weighted by Gasteiger charge is 2.31. The lowest BCUT2D eigenvalue weighted by Gasteiger charge is -2.33. The van der Waals surface area contributed by atoms with Crippen LogP contribution in [0.3, 0.4) is 0 Å². The van der Waals surface area contributed by atoms with Gasteiger partial charge in [-0.3, -0.25) is 14.0 Å². The molecule has 2 rings (SSSR count). The van der Waals surface area contributed by atoms with Crippen molar-refractivity contribution in [3.63, 3.8) is 0 Å². The van der Waals surface area contributed by atoms with E-state index in [1.165, 1.54) is 21.9 Å². The third-order valence-corrected chi connectivity index (χ3v) is 4.49. The number of fused-ring (bicyclic) bond motifs is 1. The van der Waals surface area contributed by atoms with Crippen LogP contribution in [-0.4, -0.2) is 33.0 Å². The summed E-state index contributed by atoms with van der Waals surface area (Å²) in [6, 6.07) is 0. The molecule has 2 aromatic heterocycles. The molecule has 0 spiro atoms. The number of hydrogen-bond donors (Lipinski definition) is 2. The van der Waals surface area contributed by atoms with E-state index in [2.05, 4.69) is 10.3 Å². The number of rotatable bonds is 5. The van der Waals surface area contributed by atoms with Crippen LogP contribution >= 0.6 is 11.3 Å². The van der Waals surface area contributed by atoms with Crippen molar-refractivity contribution in [1.82, 2.24) is 14.7 Å². The van der Waals surface area contributed by atoms with Crippen LogP contribution in [0.25, 0.3) is 4.96 Å². The molecule has 0 aliphatic heterocycles. The zero-order valence-electron chi connectivity index (χ0n) is 13.2. The molecule has 7 heteroatoms. The number of amides is 1. The van der Waals surface area contributed by atoms with Crippen molar-refractivity contribution in [2.45, 2.75) is 33.8 Å². The maximum atomic E-state index is 12.2. The van der Waals surface area contributed by atoms with Crippen LogP contribution in [0.1, 0.15) is 38.1 Å². The fraction of sp³-hybridized carbons (Fsp3) is 0.533. The highest BCUT2D eigenvalue weighted by molar-refractivity contribution is 7.15. The molecule has 6 nitrogen and oxygen atoms in total. The maximum Gasteiger partial charge on any atom is 0.271 e. The smallest absolute Gasteiger partial charge is 0.271 e. The van der Waals surface area contributed by atoms with Crippen molar-refractivity contribution in [2.75, 3.05) is 6.54 Å². The molecule has 0 aliphatic rings. The fourth-order valence-electron chi connectivity index (χ4n) is 2.39. The molecule has 22 heavy (non-hydrogen) atoms. The van der Waals surface area contributed by atoms with Gasteiger partial charge in [-0.05, 0) is 5.92 Å². The summed E-state index contributed by atoms with van der Waals surface area (Å²) in [5, 5.41) is 14.6. The highest BCUT2D eigenvalue weighted by atomic mass is 32.1. The molecule has 0 aromatic carbocycles. The molecule has 0 saturated carbocycles. The topological polar surface area (TPSA) is 83.7 Å². The Hall–Kier alpha value is -1.73. The van der Waals surface area contributed by atoms with Gasteiger partial charge in [0.1, 0.15) is 5.56 Å². The summed E-state index contributed by atoms with van der Waals surface area (Å²) in [7, 11) is 0. The molecule has 0 fully saturated rings. The number of hydrogen-bond acceptors (Lipinski definition) is 5. The van der Waals surface area contributed by atoms with E-state index in [4.69, 9.17) is 0 Å². The lowest BCUT2D eigenvalue weighted by Crippen LogP contribution is -2.44. The minimum absolute atomic E-state index is 0.00531. The van der Waals surface area contributed by atoms with Crippen LogP contribution in [0.4, 0.5) is 0 Å². The van der Waals surface area contributed by atoms with Gasteiger partial charge in [0.05, 0.1) is 6.10 Å². The van der Waals surface area contributed by atoms with Gasteiger partial charge in [-0.1, -0.05) is 27.7 Å². The van der Waals surface area contributed by atoms with Crippen molar-refractivity contribution in [2.24, 2.45) is 11.3 Å². The Morgan fingerprint density at radius 2 is 2.18 bits per heavy atom. The monoisotopic (exact) mass is 323 g/mol. The van der Waals surface area contributed by atoms with Crippen molar-refractivity contribution < 1.29 is 9.90 Å². The van der Waals surface area contributed by atoms with Crippen molar-refractivity contribution in [1.29, 1.82) is 0 Å². The second-order valence-electron chi connectivity index (χ2n) is 6.39. The predicted molar refractivity (Wildman–Crippen MR) is 86.3 cm³/mol. The largest absolute Gasteiger partial charge is 0.392 e. The van der Waals surface area contributed by atoms with Crippen LogP contribution < -0.4 is 10.9 Å². The van der Waals surface area contributed by atoms with Gasteiger partial charge in [0.15, 0.2) is 4.96 Å². The first kappa shape index (κ1) is 16.6. The number of aliphatic hydroxyl groups excluding tert-OH is 1. The van der Waals surface area contributed by atoms with Gasteiger partial charge in [-0.25, -0.2) is 4.98 Å². The first-order chi connectivity index (χ1) is 10.2. The van der Waals surface area contributed by atoms with Crippen molar-refractivity contribution >= 4 is 22.2 Å². The fourth-order valence-corrected chi connectivity index (χ4v) is 3.07. The quantitative estimate of drug-likeness (QED) is 0.874. The minimum Gasteiger partial charge on any atom is -0.392 e. The Labute approximate surface area is 132 Å². The van der Waals surface area contributed by atoms with E-state index in [0.717, 1.165) is 0 Å². The molecule has 2 heterocycles. The van der Waals surface area contributed by atoms with E-state index < -0.39 is 17.4 Å². The highest BCUT2D eigenvalue weighted by Crippen LogP contribution is 2.25. The SMILES string of the molecule is CC(C)C(O)C(C)(C)CNC(=O)c1cnc2sccn2c1=O. The summed E-state index contributed by atoms with van der Waals surface area (Å²) < 4.78 is 1.35.